The first-order chi connectivity index (χ1) is 11.7. The molecule has 1 unspecified atom stereocenters. The fourth-order valence-corrected chi connectivity index (χ4v) is 3.77. The van der Waals surface area contributed by atoms with Crippen molar-refractivity contribution < 1.29 is 4.79 Å². The quantitative estimate of drug-likeness (QED) is 0.842. The molecule has 130 valence electrons. The van der Waals surface area contributed by atoms with Crippen LogP contribution in [0.15, 0.2) is 30.8 Å². The average Bonchev–Trinajstić information content (AvgIpc) is 3.08. The van der Waals surface area contributed by atoms with Crippen molar-refractivity contribution >= 4 is 12.0 Å². The van der Waals surface area contributed by atoms with Gasteiger partial charge in [-0.05, 0) is 55.9 Å². The van der Waals surface area contributed by atoms with E-state index in [4.69, 9.17) is 0 Å². The van der Waals surface area contributed by atoms with Crippen molar-refractivity contribution in [1.29, 1.82) is 0 Å². The fraction of sp³-hybridized carbons (Fsp3) is 0.550. The number of benzene rings is 1. The molecule has 0 aromatic heterocycles. The van der Waals surface area contributed by atoms with Gasteiger partial charge in [-0.25, -0.2) is 0 Å². The number of hydrogen-bond acceptors (Lipinski definition) is 3. The zero-order valence-electron chi connectivity index (χ0n) is 14.5. The topological polar surface area (TPSA) is 44.4 Å². The number of piperidine rings is 1. The fourth-order valence-electron chi connectivity index (χ4n) is 3.77. The second-order valence-electron chi connectivity index (χ2n) is 7.11. The molecule has 2 aliphatic heterocycles. The van der Waals surface area contributed by atoms with Crippen LogP contribution in [0.25, 0.3) is 6.08 Å². The first kappa shape index (κ1) is 17.2. The smallest absolute Gasteiger partial charge is 0.223 e. The van der Waals surface area contributed by atoms with Crippen molar-refractivity contribution in [1.82, 2.24) is 15.5 Å². The van der Waals surface area contributed by atoms with Crippen molar-refractivity contribution in [2.75, 3.05) is 32.7 Å². The molecule has 2 N–H and O–H groups in total. The number of amides is 1. The van der Waals surface area contributed by atoms with Crippen LogP contribution in [0.1, 0.15) is 30.4 Å². The van der Waals surface area contributed by atoms with E-state index < -0.39 is 0 Å². The molecule has 24 heavy (non-hydrogen) atoms. The molecule has 2 aliphatic rings. The van der Waals surface area contributed by atoms with Crippen LogP contribution in [0.5, 0.6) is 0 Å². The minimum atomic E-state index is 0.213. The van der Waals surface area contributed by atoms with Crippen LogP contribution in [0.4, 0.5) is 0 Å². The zero-order valence-corrected chi connectivity index (χ0v) is 14.5. The van der Waals surface area contributed by atoms with Crippen LogP contribution in [0, 0.1) is 11.8 Å². The van der Waals surface area contributed by atoms with Crippen molar-refractivity contribution in [3.63, 3.8) is 0 Å². The van der Waals surface area contributed by atoms with Gasteiger partial charge < -0.3 is 10.6 Å². The number of nitrogens with zero attached hydrogens (tertiary/aromatic N) is 1. The third kappa shape index (κ3) is 4.68. The molecule has 4 nitrogen and oxygen atoms in total. The van der Waals surface area contributed by atoms with Crippen molar-refractivity contribution in [3.8, 4) is 0 Å². The van der Waals surface area contributed by atoms with Crippen molar-refractivity contribution in [3.05, 3.63) is 42.0 Å². The Morgan fingerprint density at radius 2 is 2.17 bits per heavy atom. The molecule has 4 heteroatoms. The Kier molecular flexibility index (Phi) is 6.05. The van der Waals surface area contributed by atoms with Gasteiger partial charge in [0.05, 0.1) is 0 Å². The number of carbonyl (C=O) groups excluding carboxylic acids is 1. The lowest BCUT2D eigenvalue weighted by Gasteiger charge is -2.22. The lowest BCUT2D eigenvalue weighted by Crippen LogP contribution is -2.40. The Labute approximate surface area is 145 Å². The van der Waals surface area contributed by atoms with Gasteiger partial charge in [-0.1, -0.05) is 36.9 Å². The summed E-state index contributed by atoms with van der Waals surface area (Å²) in [5.74, 6) is 1.05. The van der Waals surface area contributed by atoms with Gasteiger partial charge in [-0.2, -0.15) is 0 Å². The highest BCUT2D eigenvalue weighted by Gasteiger charge is 2.25. The maximum absolute atomic E-state index is 12.2. The molecule has 1 aromatic rings. The van der Waals surface area contributed by atoms with Gasteiger partial charge in [0.25, 0.3) is 0 Å². The Bertz CT molecular complexity index is 566. The van der Waals surface area contributed by atoms with Gasteiger partial charge in [0.1, 0.15) is 0 Å². The second kappa shape index (κ2) is 8.45. The van der Waals surface area contributed by atoms with E-state index in [1.165, 1.54) is 17.5 Å². The summed E-state index contributed by atoms with van der Waals surface area (Å²) >= 11 is 0. The lowest BCUT2D eigenvalue weighted by atomic mass is 9.97. The number of carbonyl (C=O) groups is 1. The highest BCUT2D eigenvalue weighted by Crippen LogP contribution is 2.19. The van der Waals surface area contributed by atoms with E-state index in [1.807, 2.05) is 6.08 Å². The van der Waals surface area contributed by atoms with Crippen LogP contribution in [-0.4, -0.2) is 43.5 Å². The molecule has 0 radical (unpaired) electrons. The lowest BCUT2D eigenvalue weighted by molar-refractivity contribution is -0.125. The Morgan fingerprint density at radius 3 is 2.96 bits per heavy atom. The van der Waals surface area contributed by atoms with Gasteiger partial charge in [0.2, 0.25) is 5.91 Å². The van der Waals surface area contributed by atoms with Crippen LogP contribution in [0.3, 0.4) is 0 Å². The number of likely N-dealkylation sites (tertiary alicyclic amines) is 1. The minimum absolute atomic E-state index is 0.213. The van der Waals surface area contributed by atoms with Gasteiger partial charge >= 0.3 is 0 Å². The number of nitrogens with one attached hydrogen (secondary N) is 2. The molecule has 2 heterocycles. The highest BCUT2D eigenvalue weighted by atomic mass is 16.1. The summed E-state index contributed by atoms with van der Waals surface area (Å²) in [4.78, 5) is 14.7. The molecular formula is C20H29N3O. The standard InChI is InChI=1S/C20H29N3O/c1-2-16-4-3-5-17(12-16)14-23-11-8-18(15-23)13-22-20(24)19-6-9-21-10-7-19/h2-5,12,18-19,21H,1,6-11,13-15H2,(H,22,24). The molecule has 2 saturated heterocycles. The highest BCUT2D eigenvalue weighted by molar-refractivity contribution is 5.78. The van der Waals surface area contributed by atoms with E-state index in [2.05, 4.69) is 46.4 Å². The molecule has 1 amide bonds. The van der Waals surface area contributed by atoms with Crippen LogP contribution in [0.2, 0.25) is 0 Å². The number of rotatable bonds is 6. The van der Waals surface area contributed by atoms with Gasteiger partial charge in [-0.3, -0.25) is 9.69 Å². The summed E-state index contributed by atoms with van der Waals surface area (Å²) in [5, 5.41) is 6.50. The zero-order chi connectivity index (χ0) is 16.8. The first-order valence-corrected chi connectivity index (χ1v) is 9.17. The Morgan fingerprint density at radius 1 is 1.33 bits per heavy atom. The van der Waals surface area contributed by atoms with Crippen molar-refractivity contribution in [2.24, 2.45) is 11.8 Å². The molecule has 0 spiro atoms. The molecule has 0 bridgehead atoms. The molecular weight excluding hydrogens is 298 g/mol. The van der Waals surface area contributed by atoms with Crippen LogP contribution >= 0.6 is 0 Å². The molecule has 1 atom stereocenters. The largest absolute Gasteiger partial charge is 0.356 e. The third-order valence-corrected chi connectivity index (χ3v) is 5.24. The predicted octanol–water partition coefficient (Wildman–Crippen LogP) is 2.27. The van der Waals surface area contributed by atoms with Gasteiger partial charge in [0.15, 0.2) is 0 Å². The van der Waals surface area contributed by atoms with Crippen molar-refractivity contribution in [2.45, 2.75) is 25.8 Å². The van der Waals surface area contributed by atoms with Crippen LogP contribution < -0.4 is 10.6 Å². The summed E-state index contributed by atoms with van der Waals surface area (Å²) < 4.78 is 0. The first-order valence-electron chi connectivity index (χ1n) is 9.17. The molecule has 0 aliphatic carbocycles. The molecule has 1 aromatic carbocycles. The maximum Gasteiger partial charge on any atom is 0.223 e. The van der Waals surface area contributed by atoms with E-state index in [9.17, 15) is 4.79 Å². The summed E-state index contributed by atoms with van der Waals surface area (Å²) in [7, 11) is 0. The summed E-state index contributed by atoms with van der Waals surface area (Å²) in [6.07, 6.45) is 5.02. The van der Waals surface area contributed by atoms with E-state index in [-0.39, 0.29) is 11.8 Å². The average molecular weight is 327 g/mol. The van der Waals surface area contributed by atoms with Gasteiger partial charge in [0, 0.05) is 25.6 Å². The second-order valence-corrected chi connectivity index (χ2v) is 7.11. The van der Waals surface area contributed by atoms with E-state index in [0.29, 0.717) is 5.92 Å². The normalized spacial score (nSPS) is 22.4. The molecule has 0 saturated carbocycles. The minimum Gasteiger partial charge on any atom is -0.356 e. The SMILES string of the molecule is C=Cc1cccc(CN2CCC(CNC(=O)C3CCNCC3)C2)c1. The monoisotopic (exact) mass is 327 g/mol. The van der Waals surface area contributed by atoms with E-state index >= 15 is 0 Å². The third-order valence-electron chi connectivity index (χ3n) is 5.24. The van der Waals surface area contributed by atoms with E-state index in [1.54, 1.807) is 0 Å². The Hall–Kier alpha value is -1.65. The molecule has 3 rings (SSSR count). The predicted molar refractivity (Wildman–Crippen MR) is 98.5 cm³/mol. The number of hydrogen-bond donors (Lipinski definition) is 2. The summed E-state index contributed by atoms with van der Waals surface area (Å²) in [5.41, 5.74) is 2.52. The molecule has 2 fully saturated rings. The Balaban J connectivity index is 1.41. The van der Waals surface area contributed by atoms with Gasteiger partial charge in [-0.15, -0.1) is 0 Å². The summed E-state index contributed by atoms with van der Waals surface area (Å²) in [6.45, 7) is 9.78. The maximum atomic E-state index is 12.2. The van der Waals surface area contributed by atoms with Crippen LogP contribution in [-0.2, 0) is 11.3 Å². The van der Waals surface area contributed by atoms with E-state index in [0.717, 1.165) is 52.1 Å². The summed E-state index contributed by atoms with van der Waals surface area (Å²) in [6, 6.07) is 8.57.